The maximum absolute atomic E-state index is 12.2. The third kappa shape index (κ3) is 3.13. The normalized spacial score (nSPS) is 21.7. The third-order valence-electron chi connectivity index (χ3n) is 3.48. The van der Waals surface area contributed by atoms with Crippen molar-refractivity contribution in [3.63, 3.8) is 0 Å². The molecule has 2 heterocycles. The molecule has 2 atom stereocenters. The zero-order valence-corrected chi connectivity index (χ0v) is 11.7. The van der Waals surface area contributed by atoms with Gasteiger partial charge in [-0.3, -0.25) is 9.48 Å². The van der Waals surface area contributed by atoms with E-state index < -0.39 is 6.04 Å². The largest absolute Gasteiger partial charge is 0.370 e. The second-order valence-corrected chi connectivity index (χ2v) is 5.36. The molecule has 1 aliphatic rings. The molecule has 1 saturated heterocycles. The van der Waals surface area contributed by atoms with E-state index in [1.54, 1.807) is 15.8 Å². The second-order valence-electron chi connectivity index (χ2n) is 5.36. The first-order valence-electron chi connectivity index (χ1n) is 6.63. The van der Waals surface area contributed by atoms with Crippen molar-refractivity contribution in [2.24, 2.45) is 18.7 Å². The smallest absolute Gasteiger partial charge is 0.239 e. The molecule has 0 saturated carbocycles. The number of amides is 1. The van der Waals surface area contributed by atoms with Gasteiger partial charge in [0.05, 0.1) is 25.4 Å². The summed E-state index contributed by atoms with van der Waals surface area (Å²) in [6.45, 7) is 5.61. The first-order chi connectivity index (χ1) is 8.99. The van der Waals surface area contributed by atoms with Gasteiger partial charge < -0.3 is 15.4 Å². The summed E-state index contributed by atoms with van der Waals surface area (Å²) in [5.74, 6) is 0.152. The number of aryl methyl sites for hydroxylation is 1. The summed E-state index contributed by atoms with van der Waals surface area (Å²) in [6.07, 6.45) is 3.59. The summed E-state index contributed by atoms with van der Waals surface area (Å²) < 4.78 is 7.45. The first kappa shape index (κ1) is 14.0. The van der Waals surface area contributed by atoms with Crippen LogP contribution >= 0.6 is 0 Å². The molecule has 2 rings (SSSR count). The van der Waals surface area contributed by atoms with E-state index in [0.29, 0.717) is 19.7 Å². The van der Waals surface area contributed by atoms with Gasteiger partial charge in [0.25, 0.3) is 0 Å². The summed E-state index contributed by atoms with van der Waals surface area (Å²) in [4.78, 5) is 14.0. The van der Waals surface area contributed by atoms with Crippen LogP contribution in [0.5, 0.6) is 0 Å². The van der Waals surface area contributed by atoms with Crippen molar-refractivity contribution >= 4 is 5.91 Å². The third-order valence-corrected chi connectivity index (χ3v) is 3.48. The molecule has 1 amide bonds. The van der Waals surface area contributed by atoms with Crippen LogP contribution in [0, 0.1) is 5.92 Å². The Balaban J connectivity index is 2.03. The van der Waals surface area contributed by atoms with Gasteiger partial charge in [-0.1, -0.05) is 13.8 Å². The lowest BCUT2D eigenvalue weighted by Crippen LogP contribution is -2.51. The van der Waals surface area contributed by atoms with Gasteiger partial charge in [0.15, 0.2) is 0 Å². The van der Waals surface area contributed by atoms with E-state index in [1.165, 1.54) is 0 Å². The Kier molecular flexibility index (Phi) is 4.21. The van der Waals surface area contributed by atoms with E-state index in [-0.39, 0.29) is 17.9 Å². The summed E-state index contributed by atoms with van der Waals surface area (Å²) in [6, 6.07) is -0.437. The number of hydrogen-bond donors (Lipinski definition) is 1. The summed E-state index contributed by atoms with van der Waals surface area (Å²) >= 11 is 0. The number of nitrogens with zero attached hydrogens (tertiary/aromatic N) is 3. The van der Waals surface area contributed by atoms with Crippen molar-refractivity contribution in [1.82, 2.24) is 14.7 Å². The number of carbonyl (C=O) groups is 1. The van der Waals surface area contributed by atoms with Crippen LogP contribution in [0.2, 0.25) is 0 Å². The van der Waals surface area contributed by atoms with Crippen LogP contribution in [-0.2, 0) is 16.6 Å². The number of aromatic nitrogens is 2. The van der Waals surface area contributed by atoms with Gasteiger partial charge in [0, 0.05) is 25.4 Å². The average molecular weight is 266 g/mol. The Morgan fingerprint density at radius 2 is 2.32 bits per heavy atom. The molecule has 2 N–H and O–H groups in total. The fraction of sp³-hybridized carbons (Fsp3) is 0.692. The topological polar surface area (TPSA) is 73.4 Å². The number of nitrogens with two attached hydrogens (primary N) is 1. The Morgan fingerprint density at radius 1 is 1.58 bits per heavy atom. The van der Waals surface area contributed by atoms with Gasteiger partial charge >= 0.3 is 0 Å². The van der Waals surface area contributed by atoms with Gasteiger partial charge in [0.2, 0.25) is 5.91 Å². The predicted octanol–water partition coefficient (Wildman–Crippen LogP) is 0.303. The molecule has 0 aliphatic carbocycles. The molecule has 19 heavy (non-hydrogen) atoms. The van der Waals surface area contributed by atoms with Crippen LogP contribution in [0.25, 0.3) is 0 Å². The van der Waals surface area contributed by atoms with Gasteiger partial charge in [-0.15, -0.1) is 0 Å². The average Bonchev–Trinajstić information content (AvgIpc) is 2.84. The van der Waals surface area contributed by atoms with Gasteiger partial charge in [-0.05, 0) is 5.92 Å². The number of ether oxygens (including phenoxy) is 1. The molecule has 106 valence electrons. The number of carbonyl (C=O) groups excluding carboxylic acids is 1. The van der Waals surface area contributed by atoms with Crippen molar-refractivity contribution in [3.8, 4) is 0 Å². The van der Waals surface area contributed by atoms with E-state index in [2.05, 4.69) is 5.10 Å². The SMILES string of the molecule is CC(C)[C@H](N)C(=O)N1CCOC(c2cnn(C)c2)C1. The highest BCUT2D eigenvalue weighted by molar-refractivity contribution is 5.82. The molecule has 0 radical (unpaired) electrons. The van der Waals surface area contributed by atoms with Crippen LogP contribution in [0.3, 0.4) is 0 Å². The predicted molar refractivity (Wildman–Crippen MR) is 71.3 cm³/mol. The number of hydrogen-bond acceptors (Lipinski definition) is 4. The zero-order valence-electron chi connectivity index (χ0n) is 11.7. The minimum atomic E-state index is -0.437. The summed E-state index contributed by atoms with van der Waals surface area (Å²) in [5.41, 5.74) is 6.93. The van der Waals surface area contributed by atoms with E-state index >= 15 is 0 Å². The van der Waals surface area contributed by atoms with Crippen LogP contribution in [-0.4, -0.2) is 46.3 Å². The Labute approximate surface area is 113 Å². The Morgan fingerprint density at radius 3 is 2.89 bits per heavy atom. The fourth-order valence-electron chi connectivity index (χ4n) is 2.15. The van der Waals surface area contributed by atoms with Gasteiger partial charge in [0.1, 0.15) is 6.10 Å². The lowest BCUT2D eigenvalue weighted by atomic mass is 10.0. The van der Waals surface area contributed by atoms with Crippen molar-refractivity contribution < 1.29 is 9.53 Å². The molecule has 1 unspecified atom stereocenters. The highest BCUT2D eigenvalue weighted by atomic mass is 16.5. The van der Waals surface area contributed by atoms with E-state index in [0.717, 1.165) is 5.56 Å². The molecule has 0 bridgehead atoms. The quantitative estimate of drug-likeness (QED) is 0.854. The van der Waals surface area contributed by atoms with Crippen molar-refractivity contribution in [2.75, 3.05) is 19.7 Å². The van der Waals surface area contributed by atoms with E-state index in [1.807, 2.05) is 27.1 Å². The lowest BCUT2D eigenvalue weighted by molar-refractivity contribution is -0.141. The molecule has 6 nitrogen and oxygen atoms in total. The molecular weight excluding hydrogens is 244 g/mol. The fourth-order valence-corrected chi connectivity index (χ4v) is 2.15. The highest BCUT2D eigenvalue weighted by Crippen LogP contribution is 2.22. The molecule has 1 aromatic heterocycles. The lowest BCUT2D eigenvalue weighted by Gasteiger charge is -2.34. The minimum absolute atomic E-state index is 0.00666. The number of rotatable bonds is 3. The van der Waals surface area contributed by atoms with E-state index in [9.17, 15) is 4.79 Å². The van der Waals surface area contributed by atoms with Crippen molar-refractivity contribution in [3.05, 3.63) is 18.0 Å². The minimum Gasteiger partial charge on any atom is -0.370 e. The van der Waals surface area contributed by atoms with Crippen LogP contribution in [0.1, 0.15) is 25.5 Å². The molecular formula is C13H22N4O2. The van der Waals surface area contributed by atoms with Crippen molar-refractivity contribution in [2.45, 2.75) is 26.0 Å². The monoisotopic (exact) mass is 266 g/mol. The van der Waals surface area contributed by atoms with Gasteiger partial charge in [-0.25, -0.2) is 0 Å². The Bertz CT molecular complexity index is 444. The molecule has 1 aromatic rings. The second kappa shape index (κ2) is 5.71. The van der Waals surface area contributed by atoms with Crippen molar-refractivity contribution in [1.29, 1.82) is 0 Å². The number of morpholine rings is 1. The Hall–Kier alpha value is -1.40. The summed E-state index contributed by atoms with van der Waals surface area (Å²) in [7, 11) is 1.87. The summed E-state index contributed by atoms with van der Waals surface area (Å²) in [5, 5.41) is 4.13. The maximum atomic E-state index is 12.2. The molecule has 6 heteroatoms. The first-order valence-corrected chi connectivity index (χ1v) is 6.63. The molecule has 0 aromatic carbocycles. The molecule has 1 fully saturated rings. The molecule has 0 spiro atoms. The molecule has 1 aliphatic heterocycles. The van der Waals surface area contributed by atoms with E-state index in [4.69, 9.17) is 10.5 Å². The van der Waals surface area contributed by atoms with Gasteiger partial charge in [-0.2, -0.15) is 5.10 Å². The standard InChI is InChI=1S/C13H22N4O2/c1-9(2)12(14)13(18)17-4-5-19-11(8-17)10-6-15-16(3)7-10/h6-7,9,11-12H,4-5,8,14H2,1-3H3/t11?,12-/m0/s1. The maximum Gasteiger partial charge on any atom is 0.239 e. The highest BCUT2D eigenvalue weighted by Gasteiger charge is 2.30. The van der Waals surface area contributed by atoms with Crippen LogP contribution in [0.4, 0.5) is 0 Å². The van der Waals surface area contributed by atoms with Crippen LogP contribution in [0.15, 0.2) is 12.4 Å². The zero-order chi connectivity index (χ0) is 14.0. The van der Waals surface area contributed by atoms with Crippen LogP contribution < -0.4 is 5.73 Å².